The van der Waals surface area contributed by atoms with E-state index in [9.17, 15) is 18.0 Å². The van der Waals surface area contributed by atoms with E-state index in [2.05, 4.69) is 19.5 Å². The standard InChI is InChI=1S/C20H22N2O7S/c1-11(2)18(19(23)27-3)22-30(25,26)13-6-8-15-14-7-5-12(21-20(24)28-4)9-16(14)29-17(15)10-13/h5-11,18,22H,1-4H3,(H,21,24)/t18-/m1/s1. The van der Waals surface area contributed by atoms with E-state index in [0.29, 0.717) is 22.2 Å². The largest absolute Gasteiger partial charge is 0.468 e. The summed E-state index contributed by atoms with van der Waals surface area (Å²) < 4.78 is 43.1. The Morgan fingerprint density at radius 3 is 2.20 bits per heavy atom. The molecule has 0 unspecified atom stereocenters. The lowest BCUT2D eigenvalue weighted by Gasteiger charge is -2.19. The van der Waals surface area contributed by atoms with E-state index in [1.807, 2.05) is 0 Å². The van der Waals surface area contributed by atoms with Crippen molar-refractivity contribution in [3.63, 3.8) is 0 Å². The molecule has 0 saturated carbocycles. The van der Waals surface area contributed by atoms with E-state index in [4.69, 9.17) is 4.42 Å². The van der Waals surface area contributed by atoms with Crippen molar-refractivity contribution in [1.29, 1.82) is 0 Å². The Kier molecular flexibility index (Phi) is 5.99. The van der Waals surface area contributed by atoms with Crippen LogP contribution in [-0.4, -0.2) is 40.7 Å². The summed E-state index contributed by atoms with van der Waals surface area (Å²) in [5, 5.41) is 4.01. The molecule has 9 nitrogen and oxygen atoms in total. The van der Waals surface area contributed by atoms with Crippen LogP contribution in [0.4, 0.5) is 10.5 Å². The number of carbonyl (C=O) groups is 2. The first kappa shape index (κ1) is 21.6. The summed E-state index contributed by atoms with van der Waals surface area (Å²) in [6.45, 7) is 3.43. The topological polar surface area (TPSA) is 124 Å². The number of hydrogen-bond acceptors (Lipinski definition) is 7. The molecule has 160 valence electrons. The van der Waals surface area contributed by atoms with Gasteiger partial charge in [0.15, 0.2) is 0 Å². The third kappa shape index (κ3) is 4.24. The van der Waals surface area contributed by atoms with Crippen LogP contribution in [0.2, 0.25) is 0 Å². The zero-order valence-electron chi connectivity index (χ0n) is 16.9. The molecule has 0 aliphatic heterocycles. The van der Waals surface area contributed by atoms with Crippen LogP contribution in [0.3, 0.4) is 0 Å². The number of carbonyl (C=O) groups excluding carboxylic acids is 2. The molecule has 0 aliphatic carbocycles. The second kappa shape index (κ2) is 8.33. The zero-order chi connectivity index (χ0) is 22.1. The van der Waals surface area contributed by atoms with Crippen LogP contribution < -0.4 is 10.0 Å². The summed E-state index contributed by atoms with van der Waals surface area (Å²) in [6, 6.07) is 8.50. The number of sulfonamides is 1. The molecule has 1 heterocycles. The third-order valence-electron chi connectivity index (χ3n) is 4.59. The lowest BCUT2D eigenvalue weighted by molar-refractivity contribution is -0.143. The second-order valence-corrected chi connectivity index (χ2v) is 8.67. The van der Waals surface area contributed by atoms with E-state index in [-0.39, 0.29) is 10.8 Å². The summed E-state index contributed by atoms with van der Waals surface area (Å²) in [5.41, 5.74) is 1.29. The number of anilines is 1. The number of hydrogen-bond donors (Lipinski definition) is 2. The van der Waals surface area contributed by atoms with E-state index >= 15 is 0 Å². The van der Waals surface area contributed by atoms with Crippen molar-refractivity contribution < 1.29 is 31.9 Å². The fourth-order valence-corrected chi connectivity index (χ4v) is 4.34. The van der Waals surface area contributed by atoms with E-state index in [0.717, 1.165) is 5.39 Å². The van der Waals surface area contributed by atoms with Gasteiger partial charge >= 0.3 is 12.1 Å². The molecule has 0 bridgehead atoms. The quantitative estimate of drug-likeness (QED) is 0.571. The molecular formula is C20H22N2O7S. The van der Waals surface area contributed by atoms with Gasteiger partial charge in [-0.2, -0.15) is 4.72 Å². The molecule has 0 radical (unpaired) electrons. The van der Waals surface area contributed by atoms with Crippen molar-refractivity contribution in [3.8, 4) is 0 Å². The second-order valence-electron chi connectivity index (χ2n) is 6.95. The highest BCUT2D eigenvalue weighted by molar-refractivity contribution is 7.89. The summed E-state index contributed by atoms with van der Waals surface area (Å²) in [7, 11) is -1.54. The van der Waals surface area contributed by atoms with Gasteiger partial charge in [0.2, 0.25) is 10.0 Å². The van der Waals surface area contributed by atoms with E-state index in [1.54, 1.807) is 38.1 Å². The Morgan fingerprint density at radius 2 is 1.60 bits per heavy atom. The molecule has 0 spiro atoms. The molecule has 1 atom stereocenters. The van der Waals surface area contributed by atoms with Gasteiger partial charge in [-0.1, -0.05) is 13.8 Å². The number of furan rings is 1. The lowest BCUT2D eigenvalue weighted by Crippen LogP contribution is -2.44. The molecule has 3 rings (SSSR count). The average Bonchev–Trinajstić information content (AvgIpc) is 3.08. The number of nitrogens with one attached hydrogen (secondary N) is 2. The van der Waals surface area contributed by atoms with Gasteiger partial charge in [-0.25, -0.2) is 13.2 Å². The molecule has 3 aromatic rings. The van der Waals surface area contributed by atoms with Crippen molar-refractivity contribution in [2.45, 2.75) is 24.8 Å². The van der Waals surface area contributed by atoms with Crippen LogP contribution in [-0.2, 0) is 24.3 Å². The molecule has 1 amide bonds. The fourth-order valence-electron chi connectivity index (χ4n) is 2.99. The molecular weight excluding hydrogens is 412 g/mol. The molecule has 0 aliphatic rings. The highest BCUT2D eigenvalue weighted by Gasteiger charge is 2.29. The predicted octanol–water partition coefficient (Wildman–Crippen LogP) is 3.24. The summed E-state index contributed by atoms with van der Waals surface area (Å²) >= 11 is 0. The SMILES string of the molecule is COC(=O)Nc1ccc2c(c1)oc1cc(S(=O)(=O)N[C@@H](C(=O)OC)C(C)C)ccc12. The Labute approximate surface area is 173 Å². The van der Waals surface area contributed by atoms with Gasteiger partial charge < -0.3 is 13.9 Å². The Morgan fingerprint density at radius 1 is 0.967 bits per heavy atom. The van der Waals surface area contributed by atoms with Gasteiger partial charge in [-0.15, -0.1) is 0 Å². The minimum atomic E-state index is -4.00. The van der Waals surface area contributed by atoms with Crippen LogP contribution in [0.25, 0.3) is 21.9 Å². The van der Waals surface area contributed by atoms with Gasteiger partial charge in [0, 0.05) is 28.6 Å². The molecule has 2 aromatic carbocycles. The maximum Gasteiger partial charge on any atom is 0.411 e. The van der Waals surface area contributed by atoms with Crippen LogP contribution in [0.1, 0.15) is 13.8 Å². The predicted molar refractivity (Wildman–Crippen MR) is 111 cm³/mol. The van der Waals surface area contributed by atoms with Crippen molar-refractivity contribution in [2.75, 3.05) is 19.5 Å². The van der Waals surface area contributed by atoms with Gasteiger partial charge in [0.05, 0.1) is 19.1 Å². The molecule has 0 fully saturated rings. The molecule has 10 heteroatoms. The Bertz CT molecular complexity index is 1210. The first-order chi connectivity index (χ1) is 14.2. The smallest absolute Gasteiger partial charge is 0.411 e. The summed E-state index contributed by atoms with van der Waals surface area (Å²) in [6.07, 6.45) is -0.616. The first-order valence-electron chi connectivity index (χ1n) is 9.07. The van der Waals surface area contributed by atoms with Gasteiger partial charge in [0.25, 0.3) is 0 Å². The van der Waals surface area contributed by atoms with Crippen LogP contribution in [0.5, 0.6) is 0 Å². The van der Waals surface area contributed by atoms with Crippen LogP contribution in [0, 0.1) is 5.92 Å². The van der Waals surface area contributed by atoms with Gasteiger partial charge in [-0.3, -0.25) is 10.1 Å². The third-order valence-corrected chi connectivity index (χ3v) is 6.03. The Balaban J connectivity index is 1.98. The van der Waals surface area contributed by atoms with Crippen LogP contribution >= 0.6 is 0 Å². The van der Waals surface area contributed by atoms with Crippen LogP contribution in [0.15, 0.2) is 45.7 Å². The maximum absolute atomic E-state index is 12.8. The maximum atomic E-state index is 12.8. The molecule has 2 N–H and O–H groups in total. The minimum Gasteiger partial charge on any atom is -0.468 e. The molecule has 1 aromatic heterocycles. The highest BCUT2D eigenvalue weighted by Crippen LogP contribution is 2.32. The molecule has 30 heavy (non-hydrogen) atoms. The van der Waals surface area contributed by atoms with Gasteiger partial charge in [-0.05, 0) is 30.2 Å². The van der Waals surface area contributed by atoms with E-state index < -0.39 is 28.1 Å². The van der Waals surface area contributed by atoms with Crippen molar-refractivity contribution >= 4 is 49.7 Å². The number of rotatable bonds is 6. The number of amides is 1. The Hall–Kier alpha value is -3.11. The number of benzene rings is 2. The number of methoxy groups -OCH3 is 2. The lowest BCUT2D eigenvalue weighted by atomic mass is 10.1. The van der Waals surface area contributed by atoms with E-state index in [1.165, 1.54) is 26.4 Å². The van der Waals surface area contributed by atoms with Crippen molar-refractivity contribution in [3.05, 3.63) is 36.4 Å². The van der Waals surface area contributed by atoms with Crippen molar-refractivity contribution in [1.82, 2.24) is 4.72 Å². The summed E-state index contributed by atoms with van der Waals surface area (Å²) in [4.78, 5) is 23.3. The number of esters is 1. The van der Waals surface area contributed by atoms with Gasteiger partial charge in [0.1, 0.15) is 17.2 Å². The summed E-state index contributed by atoms with van der Waals surface area (Å²) in [5.74, 6) is -0.966. The number of fused-ring (bicyclic) bond motifs is 3. The zero-order valence-corrected chi connectivity index (χ0v) is 17.7. The fraction of sp³-hybridized carbons (Fsp3) is 0.300. The highest BCUT2D eigenvalue weighted by atomic mass is 32.2. The number of ether oxygens (including phenoxy) is 2. The minimum absolute atomic E-state index is 0.0449. The molecule has 0 saturated heterocycles. The van der Waals surface area contributed by atoms with Crippen molar-refractivity contribution in [2.24, 2.45) is 5.92 Å². The first-order valence-corrected chi connectivity index (χ1v) is 10.6. The monoisotopic (exact) mass is 434 g/mol. The normalized spacial score (nSPS) is 12.8. The average molecular weight is 434 g/mol.